The molecular formula is C13H8BrClF3NO3. The molecule has 2 rings (SSSR count). The van der Waals surface area contributed by atoms with Crippen LogP contribution in [0.4, 0.5) is 18.9 Å². The van der Waals surface area contributed by atoms with Crippen LogP contribution in [-0.4, -0.2) is 18.7 Å². The summed E-state index contributed by atoms with van der Waals surface area (Å²) in [4.78, 5) is 11.9. The molecule has 0 bridgehead atoms. The number of nitrogens with one attached hydrogen (secondary N) is 1. The lowest BCUT2D eigenvalue weighted by molar-refractivity contribution is -0.153. The Morgan fingerprint density at radius 1 is 1.32 bits per heavy atom. The van der Waals surface area contributed by atoms with Crippen molar-refractivity contribution in [1.29, 1.82) is 0 Å². The summed E-state index contributed by atoms with van der Waals surface area (Å²) in [7, 11) is 0. The van der Waals surface area contributed by atoms with Crippen LogP contribution in [-0.2, 0) is 0 Å². The molecule has 0 saturated heterocycles. The van der Waals surface area contributed by atoms with Gasteiger partial charge in [-0.05, 0) is 46.3 Å². The molecule has 0 fully saturated rings. The highest BCUT2D eigenvalue weighted by Gasteiger charge is 2.29. The summed E-state index contributed by atoms with van der Waals surface area (Å²) in [5, 5.41) is 2.62. The normalized spacial score (nSPS) is 11.3. The van der Waals surface area contributed by atoms with Gasteiger partial charge in [-0.3, -0.25) is 4.79 Å². The van der Waals surface area contributed by atoms with E-state index >= 15 is 0 Å². The van der Waals surface area contributed by atoms with Crippen LogP contribution in [0.15, 0.2) is 39.4 Å². The summed E-state index contributed by atoms with van der Waals surface area (Å²) in [6.45, 7) is -1.48. The van der Waals surface area contributed by atoms with E-state index in [-0.39, 0.29) is 22.2 Å². The van der Waals surface area contributed by atoms with Gasteiger partial charge in [0.25, 0.3) is 5.91 Å². The number of benzene rings is 1. The smallest absolute Gasteiger partial charge is 0.422 e. The van der Waals surface area contributed by atoms with Gasteiger partial charge in [0.05, 0.1) is 5.69 Å². The van der Waals surface area contributed by atoms with Crippen molar-refractivity contribution in [1.82, 2.24) is 0 Å². The SMILES string of the molecule is O=C(Nc1cc(Cl)ccc1OCC(F)(F)F)c1ccc(Br)o1. The van der Waals surface area contributed by atoms with E-state index in [9.17, 15) is 18.0 Å². The lowest BCUT2D eigenvalue weighted by Gasteiger charge is -2.13. The molecule has 1 aromatic heterocycles. The third-order valence-electron chi connectivity index (χ3n) is 2.38. The fourth-order valence-electron chi connectivity index (χ4n) is 1.51. The van der Waals surface area contributed by atoms with Crippen molar-refractivity contribution in [3.63, 3.8) is 0 Å². The molecule has 0 spiro atoms. The number of hydrogen-bond acceptors (Lipinski definition) is 3. The second kappa shape index (κ2) is 6.62. The second-order valence-corrected chi connectivity index (χ2v) is 5.32. The molecule has 1 N–H and O–H groups in total. The van der Waals surface area contributed by atoms with Gasteiger partial charge < -0.3 is 14.5 Å². The topological polar surface area (TPSA) is 51.5 Å². The van der Waals surface area contributed by atoms with Gasteiger partial charge in [0.2, 0.25) is 0 Å². The molecule has 2 aromatic rings. The number of furan rings is 1. The highest BCUT2D eigenvalue weighted by Crippen LogP contribution is 2.30. The maximum atomic E-state index is 12.2. The molecule has 0 aliphatic rings. The van der Waals surface area contributed by atoms with Crippen molar-refractivity contribution >= 4 is 39.1 Å². The number of halogens is 5. The summed E-state index contributed by atoms with van der Waals surface area (Å²) in [5.41, 5.74) is 0.00859. The zero-order valence-electron chi connectivity index (χ0n) is 10.7. The van der Waals surface area contributed by atoms with E-state index in [1.54, 1.807) is 0 Å². The molecule has 118 valence electrons. The van der Waals surface area contributed by atoms with Crippen molar-refractivity contribution in [3.8, 4) is 5.75 Å². The number of rotatable bonds is 4. The van der Waals surface area contributed by atoms with Crippen LogP contribution in [0.25, 0.3) is 0 Å². The molecule has 1 aromatic carbocycles. The molecule has 0 aliphatic carbocycles. The first-order valence-corrected chi connectivity index (χ1v) is 6.97. The van der Waals surface area contributed by atoms with E-state index in [0.29, 0.717) is 4.67 Å². The Kier molecular flexibility index (Phi) is 5.02. The Hall–Kier alpha value is -1.67. The highest BCUT2D eigenvalue weighted by atomic mass is 79.9. The van der Waals surface area contributed by atoms with Gasteiger partial charge in [-0.1, -0.05) is 11.6 Å². The first-order valence-electron chi connectivity index (χ1n) is 5.80. The quantitative estimate of drug-likeness (QED) is 0.798. The Balaban J connectivity index is 2.18. The van der Waals surface area contributed by atoms with Gasteiger partial charge in [-0.25, -0.2) is 0 Å². The first kappa shape index (κ1) is 16.7. The van der Waals surface area contributed by atoms with E-state index in [1.807, 2.05) is 0 Å². The summed E-state index contributed by atoms with van der Waals surface area (Å²) in [5.74, 6) is -0.820. The van der Waals surface area contributed by atoms with Crippen LogP contribution in [0.2, 0.25) is 5.02 Å². The number of hydrogen-bond donors (Lipinski definition) is 1. The minimum Gasteiger partial charge on any atom is -0.482 e. The Morgan fingerprint density at radius 2 is 2.05 bits per heavy atom. The predicted molar refractivity (Wildman–Crippen MR) is 77.4 cm³/mol. The highest BCUT2D eigenvalue weighted by molar-refractivity contribution is 9.10. The van der Waals surface area contributed by atoms with Crippen LogP contribution in [0.5, 0.6) is 5.75 Å². The number of amides is 1. The number of carbonyl (C=O) groups excluding carboxylic acids is 1. The van der Waals surface area contributed by atoms with Crippen molar-refractivity contribution in [3.05, 3.63) is 45.8 Å². The monoisotopic (exact) mass is 397 g/mol. The zero-order chi connectivity index (χ0) is 16.3. The number of ether oxygens (including phenoxy) is 1. The van der Waals surface area contributed by atoms with Gasteiger partial charge in [-0.15, -0.1) is 0 Å². The maximum Gasteiger partial charge on any atom is 0.422 e. The second-order valence-electron chi connectivity index (χ2n) is 4.10. The fraction of sp³-hybridized carbons (Fsp3) is 0.154. The summed E-state index contributed by atoms with van der Waals surface area (Å²) >= 11 is 8.82. The van der Waals surface area contributed by atoms with Crippen LogP contribution >= 0.6 is 27.5 Å². The van der Waals surface area contributed by atoms with E-state index in [0.717, 1.165) is 0 Å². The van der Waals surface area contributed by atoms with Crippen LogP contribution in [0.1, 0.15) is 10.6 Å². The fourth-order valence-corrected chi connectivity index (χ4v) is 1.98. The Bertz CT molecular complexity index is 687. The van der Waals surface area contributed by atoms with Gasteiger partial charge >= 0.3 is 6.18 Å². The lowest BCUT2D eigenvalue weighted by Crippen LogP contribution is -2.20. The Labute approximate surface area is 136 Å². The minimum absolute atomic E-state index is 0.00859. The molecule has 1 heterocycles. The molecule has 0 saturated carbocycles. The average molecular weight is 399 g/mol. The molecular weight excluding hydrogens is 390 g/mol. The van der Waals surface area contributed by atoms with Crippen molar-refractivity contribution in [2.45, 2.75) is 6.18 Å². The van der Waals surface area contributed by atoms with E-state index < -0.39 is 18.7 Å². The molecule has 1 amide bonds. The third kappa shape index (κ3) is 4.67. The molecule has 0 aliphatic heterocycles. The lowest BCUT2D eigenvalue weighted by atomic mass is 10.2. The first-order chi connectivity index (χ1) is 10.2. The average Bonchev–Trinajstić information content (AvgIpc) is 2.83. The van der Waals surface area contributed by atoms with Crippen LogP contribution < -0.4 is 10.1 Å². The van der Waals surface area contributed by atoms with Crippen molar-refractivity contribution in [2.24, 2.45) is 0 Å². The standard InChI is InChI=1S/C13H8BrClF3NO3/c14-11-4-3-10(22-11)12(20)19-8-5-7(15)1-2-9(8)21-6-13(16,17)18/h1-5H,6H2,(H,19,20). The number of carbonyl (C=O) groups is 1. The third-order valence-corrected chi connectivity index (χ3v) is 3.04. The molecule has 9 heteroatoms. The molecule has 0 unspecified atom stereocenters. The summed E-state index contributed by atoms with van der Waals surface area (Å²) in [6, 6.07) is 6.78. The number of anilines is 1. The molecule has 22 heavy (non-hydrogen) atoms. The molecule has 0 atom stereocenters. The number of alkyl halides is 3. The van der Waals surface area contributed by atoms with E-state index in [1.165, 1.54) is 30.3 Å². The van der Waals surface area contributed by atoms with Gasteiger partial charge in [-0.2, -0.15) is 13.2 Å². The maximum absolute atomic E-state index is 12.2. The van der Waals surface area contributed by atoms with Gasteiger partial charge in [0.1, 0.15) is 5.75 Å². The van der Waals surface area contributed by atoms with E-state index in [4.69, 9.17) is 16.0 Å². The van der Waals surface area contributed by atoms with Gasteiger partial charge in [0.15, 0.2) is 17.0 Å². The minimum atomic E-state index is -4.49. The van der Waals surface area contributed by atoms with Gasteiger partial charge in [0, 0.05) is 5.02 Å². The Morgan fingerprint density at radius 3 is 2.64 bits per heavy atom. The molecule has 4 nitrogen and oxygen atoms in total. The van der Waals surface area contributed by atoms with Crippen molar-refractivity contribution < 1.29 is 27.1 Å². The predicted octanol–water partition coefficient (Wildman–Crippen LogP) is 4.89. The summed E-state index contributed by atoms with van der Waals surface area (Å²) < 4.78 is 46.7. The zero-order valence-corrected chi connectivity index (χ0v) is 13.1. The van der Waals surface area contributed by atoms with Crippen molar-refractivity contribution in [2.75, 3.05) is 11.9 Å². The van der Waals surface area contributed by atoms with Crippen LogP contribution in [0.3, 0.4) is 0 Å². The van der Waals surface area contributed by atoms with Crippen LogP contribution in [0, 0.1) is 0 Å². The largest absolute Gasteiger partial charge is 0.482 e. The molecule has 0 radical (unpaired) electrons. The summed E-state index contributed by atoms with van der Waals surface area (Å²) in [6.07, 6.45) is -4.49. The van der Waals surface area contributed by atoms with E-state index in [2.05, 4.69) is 26.0 Å².